The molecule has 58 valence electrons. The molecule has 1 aliphatic carbocycles. The molecule has 0 aromatic carbocycles. The van der Waals surface area contributed by atoms with E-state index in [9.17, 15) is 4.79 Å². The van der Waals surface area contributed by atoms with Crippen molar-refractivity contribution in [3.8, 4) is 0 Å². The van der Waals surface area contributed by atoms with Crippen LogP contribution in [0.1, 0.15) is 6.42 Å². The Hall–Kier alpha value is -0.830. The van der Waals surface area contributed by atoms with Crippen molar-refractivity contribution in [3.05, 3.63) is 12.2 Å². The normalized spacial score (nSPS) is 52.0. The van der Waals surface area contributed by atoms with Crippen molar-refractivity contribution in [1.29, 1.82) is 0 Å². The van der Waals surface area contributed by atoms with Crippen molar-refractivity contribution < 1.29 is 14.3 Å². The highest BCUT2D eigenvalue weighted by atomic mass is 16.6. The molecule has 11 heavy (non-hydrogen) atoms. The van der Waals surface area contributed by atoms with E-state index in [0.717, 1.165) is 6.42 Å². The van der Waals surface area contributed by atoms with Gasteiger partial charge in [0.15, 0.2) is 0 Å². The highest BCUT2D eigenvalue weighted by Gasteiger charge is 2.61. The van der Waals surface area contributed by atoms with Gasteiger partial charge in [0.25, 0.3) is 0 Å². The fourth-order valence-corrected chi connectivity index (χ4v) is 2.14. The fourth-order valence-electron chi connectivity index (χ4n) is 2.14. The molecule has 0 amide bonds. The molecule has 3 fully saturated rings. The summed E-state index contributed by atoms with van der Waals surface area (Å²) in [5, 5.41) is 0. The summed E-state index contributed by atoms with van der Waals surface area (Å²) in [6.07, 6.45) is 1.56. The van der Waals surface area contributed by atoms with Crippen LogP contribution in [0, 0.1) is 5.92 Å². The Kier molecular flexibility index (Phi) is 0.790. The summed E-state index contributed by atoms with van der Waals surface area (Å²) >= 11 is 0. The maximum atomic E-state index is 11.0. The molecule has 1 saturated carbocycles. The lowest BCUT2D eigenvalue weighted by atomic mass is 9.99. The summed E-state index contributed by atoms with van der Waals surface area (Å²) in [6, 6.07) is 0. The summed E-state index contributed by atoms with van der Waals surface area (Å²) in [4.78, 5) is 11.0. The first-order valence-electron chi connectivity index (χ1n) is 3.82. The van der Waals surface area contributed by atoms with Gasteiger partial charge < -0.3 is 9.47 Å². The van der Waals surface area contributed by atoms with Crippen LogP contribution in [0.4, 0.5) is 0 Å². The molecule has 4 atom stereocenters. The van der Waals surface area contributed by atoms with Crippen molar-refractivity contribution in [2.45, 2.75) is 24.7 Å². The Morgan fingerprint density at radius 2 is 2.27 bits per heavy atom. The number of epoxide rings is 1. The molecule has 0 aromatic rings. The van der Waals surface area contributed by atoms with Crippen LogP contribution in [0.15, 0.2) is 12.2 Å². The zero-order valence-electron chi connectivity index (χ0n) is 5.95. The van der Waals surface area contributed by atoms with E-state index in [1.807, 2.05) is 0 Å². The van der Waals surface area contributed by atoms with Gasteiger partial charge in [-0.1, -0.05) is 6.58 Å². The Morgan fingerprint density at radius 3 is 3.00 bits per heavy atom. The largest absolute Gasteiger partial charge is 0.458 e. The third-order valence-electron chi connectivity index (χ3n) is 2.76. The lowest BCUT2D eigenvalue weighted by molar-refractivity contribution is -0.139. The van der Waals surface area contributed by atoms with Gasteiger partial charge >= 0.3 is 5.97 Å². The maximum absolute atomic E-state index is 11.0. The third kappa shape index (κ3) is 0.554. The minimum absolute atomic E-state index is 0.0822. The van der Waals surface area contributed by atoms with Gasteiger partial charge in [-0.05, 0) is 0 Å². The number of rotatable bonds is 0. The molecular weight excluding hydrogens is 144 g/mol. The molecule has 2 saturated heterocycles. The fraction of sp³-hybridized carbons (Fsp3) is 0.625. The van der Waals surface area contributed by atoms with Gasteiger partial charge in [-0.2, -0.15) is 0 Å². The minimum atomic E-state index is -0.228. The molecule has 3 heteroatoms. The standard InChI is InChI=1S/C8H8O3/c1-3-6-4(11-8(3)9)2-5-7(6)10-5/h4-7H,1-2H2/t4-,5+,6-,7+/m0/s1. The molecule has 2 heterocycles. The van der Waals surface area contributed by atoms with Crippen LogP contribution in [0.25, 0.3) is 0 Å². The van der Waals surface area contributed by atoms with Crippen LogP contribution in [0.5, 0.6) is 0 Å². The number of ether oxygens (including phenoxy) is 2. The SMILES string of the molecule is C=C1C(=O)O[C@H]2C[C@H]3O[C@H]3[C@@H]12. The van der Waals surface area contributed by atoms with Crippen molar-refractivity contribution in [1.82, 2.24) is 0 Å². The van der Waals surface area contributed by atoms with E-state index in [1.165, 1.54) is 0 Å². The smallest absolute Gasteiger partial charge is 0.334 e. The molecule has 3 nitrogen and oxygen atoms in total. The second-order valence-electron chi connectivity index (χ2n) is 3.37. The number of carbonyl (C=O) groups is 1. The zero-order chi connectivity index (χ0) is 7.59. The van der Waals surface area contributed by atoms with Gasteiger partial charge in [-0.15, -0.1) is 0 Å². The highest BCUT2D eigenvalue weighted by Crippen LogP contribution is 2.50. The summed E-state index contributed by atoms with van der Waals surface area (Å²) in [5.74, 6) is -0.0542. The topological polar surface area (TPSA) is 38.8 Å². The molecular formula is C8H8O3. The van der Waals surface area contributed by atoms with E-state index in [1.54, 1.807) is 0 Å². The molecule has 2 aliphatic heterocycles. The summed E-state index contributed by atoms with van der Waals surface area (Å²) in [7, 11) is 0. The van der Waals surface area contributed by atoms with E-state index in [4.69, 9.17) is 9.47 Å². The van der Waals surface area contributed by atoms with E-state index in [2.05, 4.69) is 6.58 Å². The van der Waals surface area contributed by atoms with E-state index < -0.39 is 0 Å². The first kappa shape index (κ1) is 5.77. The Balaban J connectivity index is 1.98. The van der Waals surface area contributed by atoms with Crippen LogP contribution in [0.2, 0.25) is 0 Å². The van der Waals surface area contributed by atoms with Gasteiger partial charge in [0.1, 0.15) is 6.10 Å². The van der Waals surface area contributed by atoms with Gasteiger partial charge in [0.05, 0.1) is 18.1 Å². The minimum Gasteiger partial charge on any atom is -0.458 e. The molecule has 3 aliphatic rings. The number of hydrogen-bond donors (Lipinski definition) is 0. The predicted molar refractivity (Wildman–Crippen MR) is 35.8 cm³/mol. The molecule has 0 aromatic heterocycles. The van der Waals surface area contributed by atoms with Crippen LogP contribution < -0.4 is 0 Å². The predicted octanol–water partition coefficient (Wildman–Crippen LogP) is 0.255. The number of fused-ring (bicyclic) bond motifs is 3. The van der Waals surface area contributed by atoms with E-state index in [0.29, 0.717) is 11.7 Å². The Bertz CT molecular complexity index is 258. The molecule has 0 bridgehead atoms. The van der Waals surface area contributed by atoms with Gasteiger partial charge in [0.2, 0.25) is 0 Å². The molecule has 0 spiro atoms. The van der Waals surface area contributed by atoms with Crippen LogP contribution in [0.3, 0.4) is 0 Å². The third-order valence-corrected chi connectivity index (χ3v) is 2.76. The summed E-state index contributed by atoms with van der Waals surface area (Å²) in [5.41, 5.74) is 0.611. The quantitative estimate of drug-likeness (QED) is 0.284. The van der Waals surface area contributed by atoms with Crippen molar-refractivity contribution in [2.24, 2.45) is 5.92 Å². The number of carbonyl (C=O) groups excluding carboxylic acids is 1. The molecule has 0 unspecified atom stereocenters. The average Bonchev–Trinajstić information content (AvgIpc) is 2.53. The molecule has 0 N–H and O–H groups in total. The number of esters is 1. The van der Waals surface area contributed by atoms with Crippen molar-refractivity contribution in [3.63, 3.8) is 0 Å². The second-order valence-corrected chi connectivity index (χ2v) is 3.37. The maximum Gasteiger partial charge on any atom is 0.334 e. The molecule has 3 rings (SSSR count). The Labute approximate surface area is 64.0 Å². The first-order chi connectivity index (χ1) is 5.27. The van der Waals surface area contributed by atoms with Crippen LogP contribution >= 0.6 is 0 Å². The lowest BCUT2D eigenvalue weighted by Gasteiger charge is -2.08. The zero-order valence-corrected chi connectivity index (χ0v) is 5.95. The van der Waals surface area contributed by atoms with E-state index in [-0.39, 0.29) is 24.1 Å². The van der Waals surface area contributed by atoms with Gasteiger partial charge in [-0.25, -0.2) is 4.79 Å². The first-order valence-corrected chi connectivity index (χ1v) is 3.82. The second kappa shape index (κ2) is 1.50. The van der Waals surface area contributed by atoms with E-state index >= 15 is 0 Å². The lowest BCUT2D eigenvalue weighted by Crippen LogP contribution is -2.15. The summed E-state index contributed by atoms with van der Waals surface area (Å²) in [6.45, 7) is 3.70. The van der Waals surface area contributed by atoms with Gasteiger partial charge in [0, 0.05) is 12.0 Å². The summed E-state index contributed by atoms with van der Waals surface area (Å²) < 4.78 is 10.4. The number of hydrogen-bond acceptors (Lipinski definition) is 3. The van der Waals surface area contributed by atoms with Crippen LogP contribution in [-0.2, 0) is 14.3 Å². The van der Waals surface area contributed by atoms with Crippen molar-refractivity contribution >= 4 is 5.97 Å². The average molecular weight is 152 g/mol. The van der Waals surface area contributed by atoms with Crippen LogP contribution in [-0.4, -0.2) is 24.3 Å². The van der Waals surface area contributed by atoms with Crippen molar-refractivity contribution in [2.75, 3.05) is 0 Å². The molecule has 0 radical (unpaired) electrons. The van der Waals surface area contributed by atoms with Gasteiger partial charge in [-0.3, -0.25) is 0 Å². The highest BCUT2D eigenvalue weighted by molar-refractivity contribution is 5.91. The monoisotopic (exact) mass is 152 g/mol. The Morgan fingerprint density at radius 1 is 1.45 bits per heavy atom.